The maximum atomic E-state index is 10.9. The largest absolute Gasteiger partial charge is 0.478 e. The summed E-state index contributed by atoms with van der Waals surface area (Å²) < 4.78 is 0. The van der Waals surface area contributed by atoms with E-state index in [2.05, 4.69) is 37.6 Å². The molecule has 0 aromatic carbocycles. The highest BCUT2D eigenvalue weighted by molar-refractivity contribution is 5.88. The van der Waals surface area contributed by atoms with Gasteiger partial charge in [-0.3, -0.25) is 0 Å². The number of carboxylic acids is 1. The second-order valence-corrected chi connectivity index (χ2v) is 4.85. The zero-order valence-electron chi connectivity index (χ0n) is 10.8. The monoisotopic (exact) mass is 236 g/mol. The molecule has 0 spiro atoms. The Morgan fingerprint density at radius 1 is 1.41 bits per heavy atom. The summed E-state index contributed by atoms with van der Waals surface area (Å²) >= 11 is 0. The summed E-state index contributed by atoms with van der Waals surface area (Å²) in [7, 11) is 0. The summed E-state index contributed by atoms with van der Waals surface area (Å²) in [5, 5.41) is 8.97. The third kappa shape index (κ3) is 3.73. The van der Waals surface area contributed by atoms with Crippen molar-refractivity contribution in [3.8, 4) is 0 Å². The van der Waals surface area contributed by atoms with Gasteiger partial charge in [0, 0.05) is 18.8 Å². The molecule has 0 saturated heterocycles. The molecule has 1 aromatic heterocycles. The normalized spacial score (nSPS) is 10.9. The Labute approximate surface area is 102 Å². The highest BCUT2D eigenvalue weighted by atomic mass is 16.4. The molecule has 17 heavy (non-hydrogen) atoms. The van der Waals surface area contributed by atoms with Crippen molar-refractivity contribution < 1.29 is 9.90 Å². The predicted octanol–water partition coefficient (Wildman–Crippen LogP) is 2.65. The van der Waals surface area contributed by atoms with Crippen LogP contribution in [0.2, 0.25) is 0 Å². The lowest BCUT2D eigenvalue weighted by Gasteiger charge is -2.29. The van der Waals surface area contributed by atoms with Crippen molar-refractivity contribution in [1.82, 2.24) is 4.98 Å². The van der Waals surface area contributed by atoms with Crippen LogP contribution in [-0.4, -0.2) is 28.6 Å². The van der Waals surface area contributed by atoms with Gasteiger partial charge in [0.25, 0.3) is 0 Å². The van der Waals surface area contributed by atoms with E-state index in [-0.39, 0.29) is 5.56 Å². The Hall–Kier alpha value is -1.58. The summed E-state index contributed by atoms with van der Waals surface area (Å²) in [5.41, 5.74) is 0.282. The number of carboxylic acid groups (broad SMARTS) is 1. The Bertz CT molecular complexity index is 389. The first-order valence-corrected chi connectivity index (χ1v) is 5.87. The lowest BCUT2D eigenvalue weighted by atomic mass is 10.1. The number of nitrogens with zero attached hydrogens (tertiary/aromatic N) is 2. The molecule has 4 heteroatoms. The first-order chi connectivity index (χ1) is 7.91. The summed E-state index contributed by atoms with van der Waals surface area (Å²) in [6, 6.07) is 3.44. The third-order valence-corrected chi connectivity index (χ3v) is 2.47. The second kappa shape index (κ2) is 5.66. The Morgan fingerprint density at radius 3 is 2.53 bits per heavy atom. The number of aromatic carboxylic acids is 1. The van der Waals surface area contributed by atoms with Gasteiger partial charge in [-0.05, 0) is 31.9 Å². The number of carbonyl (C=O) groups is 1. The lowest BCUT2D eigenvalue weighted by Crippen LogP contribution is -2.34. The minimum absolute atomic E-state index is 0.282. The first-order valence-electron chi connectivity index (χ1n) is 5.87. The van der Waals surface area contributed by atoms with Gasteiger partial charge in [-0.15, -0.1) is 0 Å². The van der Waals surface area contributed by atoms with Crippen molar-refractivity contribution in [2.45, 2.75) is 33.7 Å². The maximum Gasteiger partial charge on any atom is 0.335 e. The average Bonchev–Trinajstić information content (AvgIpc) is 2.25. The smallest absolute Gasteiger partial charge is 0.335 e. The van der Waals surface area contributed by atoms with E-state index in [1.54, 1.807) is 12.3 Å². The average molecular weight is 236 g/mol. The van der Waals surface area contributed by atoms with Crippen LogP contribution in [0.15, 0.2) is 18.3 Å². The molecule has 1 aromatic rings. The van der Waals surface area contributed by atoms with Crippen molar-refractivity contribution in [3.63, 3.8) is 0 Å². The molecule has 0 aliphatic heterocycles. The van der Waals surface area contributed by atoms with Crippen LogP contribution in [-0.2, 0) is 0 Å². The van der Waals surface area contributed by atoms with Gasteiger partial charge < -0.3 is 10.0 Å². The first kappa shape index (κ1) is 13.5. The van der Waals surface area contributed by atoms with Gasteiger partial charge in [0.2, 0.25) is 0 Å². The molecule has 4 nitrogen and oxygen atoms in total. The van der Waals surface area contributed by atoms with Crippen LogP contribution in [0.4, 0.5) is 5.82 Å². The predicted molar refractivity (Wildman–Crippen MR) is 68.5 cm³/mol. The van der Waals surface area contributed by atoms with Gasteiger partial charge in [0.15, 0.2) is 0 Å². The Balaban J connectivity index is 3.01. The molecule has 0 aliphatic carbocycles. The van der Waals surface area contributed by atoms with E-state index in [0.717, 1.165) is 12.4 Å². The topological polar surface area (TPSA) is 53.4 Å². The molecule has 1 N–H and O–H groups in total. The van der Waals surface area contributed by atoms with E-state index in [9.17, 15) is 4.79 Å². The fourth-order valence-electron chi connectivity index (χ4n) is 1.67. The minimum Gasteiger partial charge on any atom is -0.478 e. The van der Waals surface area contributed by atoms with E-state index in [1.165, 1.54) is 6.07 Å². The van der Waals surface area contributed by atoms with E-state index < -0.39 is 5.97 Å². The molecule has 0 radical (unpaired) electrons. The standard InChI is InChI=1S/C13H20N2O2/c1-9(2)8-15(10(3)4)12-7-11(13(16)17)5-6-14-12/h5-7,9-10H,8H2,1-4H3,(H,16,17). The van der Waals surface area contributed by atoms with Crippen LogP contribution in [0.5, 0.6) is 0 Å². The van der Waals surface area contributed by atoms with Crippen molar-refractivity contribution in [1.29, 1.82) is 0 Å². The van der Waals surface area contributed by atoms with Crippen LogP contribution in [0, 0.1) is 5.92 Å². The van der Waals surface area contributed by atoms with Crippen molar-refractivity contribution >= 4 is 11.8 Å². The molecule has 0 unspecified atom stereocenters. The van der Waals surface area contributed by atoms with Crippen molar-refractivity contribution in [3.05, 3.63) is 23.9 Å². The molecule has 0 atom stereocenters. The van der Waals surface area contributed by atoms with Crippen LogP contribution >= 0.6 is 0 Å². The minimum atomic E-state index is -0.915. The van der Waals surface area contributed by atoms with Crippen LogP contribution in [0.25, 0.3) is 0 Å². The summed E-state index contributed by atoms with van der Waals surface area (Å²) in [4.78, 5) is 17.3. The van der Waals surface area contributed by atoms with Crippen LogP contribution in [0.1, 0.15) is 38.1 Å². The van der Waals surface area contributed by atoms with Crippen molar-refractivity contribution in [2.24, 2.45) is 5.92 Å². The van der Waals surface area contributed by atoms with Gasteiger partial charge in [-0.25, -0.2) is 9.78 Å². The number of aromatic nitrogens is 1. The number of hydrogen-bond donors (Lipinski definition) is 1. The Kier molecular flexibility index (Phi) is 4.49. The fourth-order valence-corrected chi connectivity index (χ4v) is 1.67. The second-order valence-electron chi connectivity index (χ2n) is 4.85. The third-order valence-electron chi connectivity index (χ3n) is 2.47. The van der Waals surface area contributed by atoms with Crippen LogP contribution in [0.3, 0.4) is 0 Å². The molecule has 0 fully saturated rings. The van der Waals surface area contributed by atoms with Crippen molar-refractivity contribution in [2.75, 3.05) is 11.4 Å². The SMILES string of the molecule is CC(C)CN(c1cc(C(=O)O)ccn1)C(C)C. The zero-order chi connectivity index (χ0) is 13.0. The maximum absolute atomic E-state index is 10.9. The fraction of sp³-hybridized carbons (Fsp3) is 0.538. The van der Waals surface area contributed by atoms with E-state index in [1.807, 2.05) is 0 Å². The molecular formula is C13H20N2O2. The molecule has 0 aliphatic rings. The van der Waals surface area contributed by atoms with Crippen LogP contribution < -0.4 is 4.90 Å². The van der Waals surface area contributed by atoms with Gasteiger partial charge in [0.05, 0.1) is 5.56 Å². The molecule has 0 amide bonds. The molecule has 0 bridgehead atoms. The van der Waals surface area contributed by atoms with E-state index in [0.29, 0.717) is 12.0 Å². The van der Waals surface area contributed by atoms with Gasteiger partial charge in [-0.1, -0.05) is 13.8 Å². The highest BCUT2D eigenvalue weighted by Gasteiger charge is 2.15. The molecule has 94 valence electrons. The summed E-state index contributed by atoms with van der Waals surface area (Å²) in [6.45, 7) is 9.30. The highest BCUT2D eigenvalue weighted by Crippen LogP contribution is 2.17. The van der Waals surface area contributed by atoms with Gasteiger partial charge in [-0.2, -0.15) is 0 Å². The Morgan fingerprint density at radius 2 is 2.06 bits per heavy atom. The van der Waals surface area contributed by atoms with Gasteiger partial charge >= 0.3 is 5.97 Å². The number of rotatable bonds is 5. The molecule has 1 heterocycles. The summed E-state index contributed by atoms with van der Waals surface area (Å²) in [5.74, 6) is 0.322. The van der Waals surface area contributed by atoms with E-state index in [4.69, 9.17) is 5.11 Å². The molecule has 1 rings (SSSR count). The summed E-state index contributed by atoms with van der Waals surface area (Å²) in [6.07, 6.45) is 1.55. The lowest BCUT2D eigenvalue weighted by molar-refractivity contribution is 0.0697. The van der Waals surface area contributed by atoms with E-state index >= 15 is 0 Å². The van der Waals surface area contributed by atoms with Gasteiger partial charge in [0.1, 0.15) is 5.82 Å². The number of anilines is 1. The quantitative estimate of drug-likeness (QED) is 0.854. The number of hydrogen-bond acceptors (Lipinski definition) is 3. The number of pyridine rings is 1. The zero-order valence-corrected chi connectivity index (χ0v) is 10.8. The molecule has 0 saturated carbocycles. The molecular weight excluding hydrogens is 216 g/mol.